The van der Waals surface area contributed by atoms with Crippen molar-refractivity contribution in [2.45, 2.75) is 25.8 Å². The predicted octanol–water partition coefficient (Wildman–Crippen LogP) is 1.20. The predicted molar refractivity (Wildman–Crippen MR) is 79.6 cm³/mol. The third-order valence-electron chi connectivity index (χ3n) is 4.01. The number of ether oxygens (including phenoxy) is 1. The fourth-order valence-corrected chi connectivity index (χ4v) is 2.81. The molecule has 2 fully saturated rings. The van der Waals surface area contributed by atoms with Gasteiger partial charge in [0, 0.05) is 38.8 Å². The first kappa shape index (κ1) is 13.4. The third kappa shape index (κ3) is 2.65. The zero-order valence-electron chi connectivity index (χ0n) is 12.3. The molecule has 1 saturated carbocycles. The van der Waals surface area contributed by atoms with Crippen LogP contribution in [0.15, 0.2) is 6.33 Å². The van der Waals surface area contributed by atoms with Crippen LogP contribution in [0.2, 0.25) is 0 Å². The van der Waals surface area contributed by atoms with Crippen LogP contribution in [0.4, 0.5) is 11.6 Å². The van der Waals surface area contributed by atoms with Crippen molar-refractivity contribution in [2.24, 2.45) is 0 Å². The summed E-state index contributed by atoms with van der Waals surface area (Å²) in [5, 5.41) is 3.23. The van der Waals surface area contributed by atoms with E-state index >= 15 is 0 Å². The average Bonchev–Trinajstić information content (AvgIpc) is 3.32. The van der Waals surface area contributed by atoms with Crippen LogP contribution in [0.25, 0.3) is 0 Å². The lowest BCUT2D eigenvalue weighted by Gasteiger charge is -2.36. The summed E-state index contributed by atoms with van der Waals surface area (Å²) in [6, 6.07) is 0.849. The minimum absolute atomic E-state index is 0.759. The summed E-state index contributed by atoms with van der Waals surface area (Å²) in [6.45, 7) is 7.13. The van der Waals surface area contributed by atoms with Crippen molar-refractivity contribution >= 4 is 11.6 Å². The van der Waals surface area contributed by atoms with E-state index < -0.39 is 0 Å². The molecule has 2 aliphatic rings. The molecular weight excluding hydrogens is 254 g/mol. The SMILES string of the molecule is CCNc1ncnc(N2CCN(C3CC3)CC2)c1OC. The Morgan fingerprint density at radius 1 is 1.25 bits per heavy atom. The molecule has 0 unspecified atom stereocenters. The average molecular weight is 277 g/mol. The Labute approximate surface area is 120 Å². The summed E-state index contributed by atoms with van der Waals surface area (Å²) in [6.07, 6.45) is 4.37. The Bertz CT molecular complexity index is 455. The van der Waals surface area contributed by atoms with E-state index in [1.54, 1.807) is 13.4 Å². The first-order chi connectivity index (χ1) is 9.83. The zero-order valence-corrected chi connectivity index (χ0v) is 12.3. The van der Waals surface area contributed by atoms with Crippen LogP contribution in [0, 0.1) is 0 Å². The van der Waals surface area contributed by atoms with Gasteiger partial charge in [-0.05, 0) is 19.8 Å². The first-order valence-electron chi connectivity index (χ1n) is 7.45. The molecule has 1 saturated heterocycles. The van der Waals surface area contributed by atoms with Crippen LogP contribution in [-0.4, -0.2) is 60.7 Å². The van der Waals surface area contributed by atoms with E-state index in [0.717, 1.165) is 56.2 Å². The van der Waals surface area contributed by atoms with Gasteiger partial charge in [-0.25, -0.2) is 9.97 Å². The fraction of sp³-hybridized carbons (Fsp3) is 0.714. The third-order valence-corrected chi connectivity index (χ3v) is 4.01. The van der Waals surface area contributed by atoms with E-state index in [-0.39, 0.29) is 0 Å². The molecule has 0 spiro atoms. The molecule has 0 radical (unpaired) electrons. The normalized spacial score (nSPS) is 20.0. The Balaban J connectivity index is 1.74. The van der Waals surface area contributed by atoms with Gasteiger partial charge in [-0.1, -0.05) is 0 Å². The summed E-state index contributed by atoms with van der Waals surface area (Å²) >= 11 is 0. The molecule has 1 aromatic heterocycles. The van der Waals surface area contributed by atoms with Crippen LogP contribution in [0.1, 0.15) is 19.8 Å². The molecule has 6 heteroatoms. The van der Waals surface area contributed by atoms with E-state index in [9.17, 15) is 0 Å². The molecular formula is C14H23N5O. The maximum absolute atomic E-state index is 5.53. The maximum atomic E-state index is 5.53. The summed E-state index contributed by atoms with van der Waals surface area (Å²) < 4.78 is 5.53. The van der Waals surface area contributed by atoms with Crippen LogP contribution in [0.3, 0.4) is 0 Å². The molecule has 0 amide bonds. The first-order valence-corrected chi connectivity index (χ1v) is 7.45. The molecule has 1 N–H and O–H groups in total. The van der Waals surface area contributed by atoms with Crippen LogP contribution < -0.4 is 15.0 Å². The molecule has 1 aromatic rings. The smallest absolute Gasteiger partial charge is 0.204 e. The largest absolute Gasteiger partial charge is 0.490 e. The van der Waals surface area contributed by atoms with Crippen molar-refractivity contribution in [1.82, 2.24) is 14.9 Å². The molecule has 6 nitrogen and oxygen atoms in total. The number of rotatable bonds is 5. The standard InChI is InChI=1S/C14H23N5O/c1-3-15-13-12(20-2)14(17-10-16-13)19-8-6-18(7-9-19)11-4-5-11/h10-11H,3-9H2,1-2H3,(H,15,16,17). The second-order valence-corrected chi connectivity index (χ2v) is 5.36. The highest BCUT2D eigenvalue weighted by atomic mass is 16.5. The van der Waals surface area contributed by atoms with Crippen LogP contribution >= 0.6 is 0 Å². The maximum Gasteiger partial charge on any atom is 0.204 e. The molecule has 0 atom stereocenters. The fourth-order valence-electron chi connectivity index (χ4n) is 2.81. The van der Waals surface area contributed by atoms with Crippen LogP contribution in [-0.2, 0) is 0 Å². The van der Waals surface area contributed by atoms with Gasteiger partial charge in [0.2, 0.25) is 5.75 Å². The highest BCUT2D eigenvalue weighted by molar-refractivity contribution is 5.64. The zero-order chi connectivity index (χ0) is 13.9. The highest BCUT2D eigenvalue weighted by Gasteiger charge is 2.32. The Kier molecular flexibility index (Phi) is 3.91. The lowest BCUT2D eigenvalue weighted by atomic mass is 10.3. The van der Waals surface area contributed by atoms with Gasteiger partial charge in [0.25, 0.3) is 0 Å². The van der Waals surface area contributed by atoms with Gasteiger partial charge < -0.3 is 15.0 Å². The molecule has 20 heavy (non-hydrogen) atoms. The Morgan fingerprint density at radius 3 is 2.60 bits per heavy atom. The molecule has 1 aliphatic heterocycles. The van der Waals surface area contributed by atoms with E-state index in [4.69, 9.17) is 4.74 Å². The monoisotopic (exact) mass is 277 g/mol. The number of piperazine rings is 1. The van der Waals surface area contributed by atoms with Crippen molar-refractivity contribution in [3.8, 4) is 5.75 Å². The number of anilines is 2. The topological polar surface area (TPSA) is 53.5 Å². The van der Waals surface area contributed by atoms with Crippen LogP contribution in [0.5, 0.6) is 5.75 Å². The minimum Gasteiger partial charge on any atom is -0.490 e. The van der Waals surface area contributed by atoms with Crippen molar-refractivity contribution < 1.29 is 4.74 Å². The number of hydrogen-bond acceptors (Lipinski definition) is 6. The number of methoxy groups -OCH3 is 1. The van der Waals surface area contributed by atoms with Gasteiger partial charge in [-0.2, -0.15) is 0 Å². The summed E-state index contributed by atoms with van der Waals surface area (Å²) in [7, 11) is 1.68. The lowest BCUT2D eigenvalue weighted by Crippen LogP contribution is -2.47. The summed E-state index contributed by atoms with van der Waals surface area (Å²) in [5.41, 5.74) is 0. The highest BCUT2D eigenvalue weighted by Crippen LogP contribution is 2.33. The van der Waals surface area contributed by atoms with Crippen molar-refractivity contribution in [2.75, 3.05) is 50.1 Å². The van der Waals surface area contributed by atoms with E-state index in [1.807, 2.05) is 0 Å². The van der Waals surface area contributed by atoms with Gasteiger partial charge >= 0.3 is 0 Å². The molecule has 3 rings (SSSR count). The van der Waals surface area contributed by atoms with E-state index in [0.29, 0.717) is 0 Å². The van der Waals surface area contributed by atoms with E-state index in [1.165, 1.54) is 12.8 Å². The van der Waals surface area contributed by atoms with Gasteiger partial charge in [0.1, 0.15) is 6.33 Å². The number of nitrogens with zero attached hydrogens (tertiary/aromatic N) is 4. The number of aromatic nitrogens is 2. The molecule has 110 valence electrons. The quantitative estimate of drug-likeness (QED) is 0.873. The summed E-state index contributed by atoms with van der Waals surface area (Å²) in [5.74, 6) is 2.45. The van der Waals surface area contributed by atoms with E-state index in [2.05, 4.69) is 32.0 Å². The minimum atomic E-state index is 0.759. The molecule has 2 heterocycles. The van der Waals surface area contributed by atoms with Gasteiger partial charge in [0.05, 0.1) is 7.11 Å². The molecule has 1 aliphatic carbocycles. The van der Waals surface area contributed by atoms with Gasteiger partial charge in [-0.3, -0.25) is 4.90 Å². The van der Waals surface area contributed by atoms with Crippen molar-refractivity contribution in [3.63, 3.8) is 0 Å². The number of hydrogen-bond donors (Lipinski definition) is 1. The second kappa shape index (κ2) is 5.83. The lowest BCUT2D eigenvalue weighted by molar-refractivity contribution is 0.247. The molecule has 0 bridgehead atoms. The van der Waals surface area contributed by atoms with Crippen molar-refractivity contribution in [3.05, 3.63) is 6.33 Å². The Morgan fingerprint density at radius 2 is 2.00 bits per heavy atom. The van der Waals surface area contributed by atoms with Gasteiger partial charge in [0.15, 0.2) is 11.6 Å². The molecule has 0 aromatic carbocycles. The number of nitrogens with one attached hydrogen (secondary N) is 1. The van der Waals surface area contributed by atoms with Crippen molar-refractivity contribution in [1.29, 1.82) is 0 Å². The summed E-state index contributed by atoms with van der Waals surface area (Å²) in [4.78, 5) is 13.6. The second-order valence-electron chi connectivity index (χ2n) is 5.36. The van der Waals surface area contributed by atoms with Gasteiger partial charge in [-0.15, -0.1) is 0 Å². The Hall–Kier alpha value is -1.56.